The molecule has 180 valence electrons. The van der Waals surface area contributed by atoms with E-state index >= 15 is 0 Å². The van der Waals surface area contributed by atoms with Crippen molar-refractivity contribution in [3.63, 3.8) is 0 Å². The number of nitrogens with one attached hydrogen (secondary N) is 1. The standard InChI is InChI=1S/C22H22F3N5O4/c1-3-5-12-29-18(31)11-10-17(28-29)20(32)27-14-6-8-15(9-7-14)30-19(22(23,24)25)16(13-26-30)21(33)34-4-2/h6-11,13H,3-5,12H2,1-2H3,(H,27,32). The number of hydrogen-bond donors (Lipinski definition) is 1. The van der Waals surface area contributed by atoms with Gasteiger partial charge in [-0.3, -0.25) is 9.59 Å². The Labute approximate surface area is 192 Å². The number of aryl methyl sites for hydroxylation is 1. The largest absolute Gasteiger partial charge is 0.462 e. The van der Waals surface area contributed by atoms with Crippen molar-refractivity contribution in [2.75, 3.05) is 11.9 Å². The lowest BCUT2D eigenvalue weighted by molar-refractivity contribution is -0.143. The van der Waals surface area contributed by atoms with Crippen molar-refractivity contribution in [2.24, 2.45) is 0 Å². The van der Waals surface area contributed by atoms with Crippen LogP contribution in [0.5, 0.6) is 0 Å². The van der Waals surface area contributed by atoms with Crippen LogP contribution in [0.4, 0.5) is 18.9 Å². The van der Waals surface area contributed by atoms with Crippen molar-refractivity contribution < 1.29 is 27.5 Å². The first-order valence-electron chi connectivity index (χ1n) is 10.5. The van der Waals surface area contributed by atoms with Gasteiger partial charge in [-0.15, -0.1) is 0 Å². The number of unbranched alkanes of at least 4 members (excludes halogenated alkanes) is 1. The number of nitrogens with zero attached hydrogens (tertiary/aromatic N) is 4. The molecule has 9 nitrogen and oxygen atoms in total. The molecule has 2 heterocycles. The summed E-state index contributed by atoms with van der Waals surface area (Å²) in [7, 11) is 0. The SMILES string of the molecule is CCCCn1nc(C(=O)Nc2ccc(-n3ncc(C(=O)OCC)c3C(F)(F)F)cc2)ccc1=O. The summed E-state index contributed by atoms with van der Waals surface area (Å²) >= 11 is 0. The number of ether oxygens (including phenoxy) is 1. The molecule has 2 aromatic heterocycles. The van der Waals surface area contributed by atoms with Gasteiger partial charge in [0, 0.05) is 18.3 Å². The van der Waals surface area contributed by atoms with E-state index in [-0.39, 0.29) is 29.2 Å². The monoisotopic (exact) mass is 477 g/mol. The fraction of sp³-hybridized carbons (Fsp3) is 0.318. The average Bonchev–Trinajstić information content (AvgIpc) is 3.25. The van der Waals surface area contributed by atoms with E-state index in [9.17, 15) is 27.6 Å². The lowest BCUT2D eigenvalue weighted by Gasteiger charge is -2.13. The molecule has 34 heavy (non-hydrogen) atoms. The Hall–Kier alpha value is -3.96. The predicted molar refractivity (Wildman–Crippen MR) is 116 cm³/mol. The second-order valence-corrected chi connectivity index (χ2v) is 7.17. The number of anilines is 1. The molecule has 1 aromatic carbocycles. The van der Waals surface area contributed by atoms with Gasteiger partial charge in [0.1, 0.15) is 11.3 Å². The van der Waals surface area contributed by atoms with Crippen LogP contribution in [0.1, 0.15) is 53.2 Å². The van der Waals surface area contributed by atoms with Crippen molar-refractivity contribution in [1.29, 1.82) is 0 Å². The van der Waals surface area contributed by atoms with Crippen LogP contribution in [0.15, 0.2) is 47.4 Å². The highest BCUT2D eigenvalue weighted by molar-refractivity contribution is 6.02. The molecule has 0 saturated heterocycles. The lowest BCUT2D eigenvalue weighted by atomic mass is 10.2. The fourth-order valence-corrected chi connectivity index (χ4v) is 3.09. The van der Waals surface area contributed by atoms with E-state index in [4.69, 9.17) is 0 Å². The van der Waals surface area contributed by atoms with Gasteiger partial charge < -0.3 is 10.1 Å². The Bertz CT molecular complexity index is 1230. The van der Waals surface area contributed by atoms with Gasteiger partial charge in [-0.05, 0) is 43.7 Å². The minimum Gasteiger partial charge on any atom is -0.462 e. The molecule has 1 N–H and O–H groups in total. The van der Waals surface area contributed by atoms with Crippen LogP contribution in [0.2, 0.25) is 0 Å². The molecule has 3 rings (SSSR count). The molecule has 3 aromatic rings. The number of rotatable bonds is 8. The molecular weight excluding hydrogens is 455 g/mol. The maximum Gasteiger partial charge on any atom is 0.434 e. The van der Waals surface area contributed by atoms with Gasteiger partial charge in [0.05, 0.1) is 18.5 Å². The van der Waals surface area contributed by atoms with Crippen molar-refractivity contribution in [2.45, 2.75) is 39.4 Å². The quantitative estimate of drug-likeness (QED) is 0.496. The number of alkyl halides is 3. The Morgan fingerprint density at radius 1 is 1.09 bits per heavy atom. The number of amides is 1. The number of aromatic nitrogens is 4. The molecule has 0 aliphatic carbocycles. The maximum atomic E-state index is 13.6. The third-order valence-corrected chi connectivity index (χ3v) is 4.73. The van der Waals surface area contributed by atoms with E-state index in [1.54, 1.807) is 0 Å². The number of halogens is 3. The van der Waals surface area contributed by atoms with Gasteiger partial charge in [0.15, 0.2) is 5.69 Å². The van der Waals surface area contributed by atoms with E-state index in [1.807, 2.05) is 6.92 Å². The summed E-state index contributed by atoms with van der Waals surface area (Å²) in [4.78, 5) is 36.3. The highest BCUT2D eigenvalue weighted by atomic mass is 19.4. The second kappa shape index (κ2) is 10.3. The first-order valence-corrected chi connectivity index (χ1v) is 10.5. The normalized spacial score (nSPS) is 11.3. The van der Waals surface area contributed by atoms with Gasteiger partial charge in [-0.25, -0.2) is 14.2 Å². The second-order valence-electron chi connectivity index (χ2n) is 7.17. The molecule has 0 saturated carbocycles. The van der Waals surface area contributed by atoms with E-state index in [2.05, 4.69) is 20.3 Å². The maximum absolute atomic E-state index is 13.6. The molecule has 0 aliphatic rings. The zero-order valence-electron chi connectivity index (χ0n) is 18.4. The molecule has 1 amide bonds. The summed E-state index contributed by atoms with van der Waals surface area (Å²) in [5, 5.41) is 10.3. The first-order chi connectivity index (χ1) is 16.2. The summed E-state index contributed by atoms with van der Waals surface area (Å²) in [5.74, 6) is -1.71. The molecular formula is C22H22F3N5O4. The van der Waals surface area contributed by atoms with Crippen LogP contribution < -0.4 is 10.9 Å². The summed E-state index contributed by atoms with van der Waals surface area (Å²) < 4.78 is 47.4. The van der Waals surface area contributed by atoms with Gasteiger partial charge in [0.2, 0.25) is 0 Å². The average molecular weight is 477 g/mol. The number of carbonyl (C=O) groups is 2. The molecule has 0 aliphatic heterocycles. The molecule has 0 fully saturated rings. The van der Waals surface area contributed by atoms with Gasteiger partial charge >= 0.3 is 12.1 Å². The summed E-state index contributed by atoms with van der Waals surface area (Å²) in [6.45, 7) is 3.74. The Morgan fingerprint density at radius 2 is 1.79 bits per heavy atom. The van der Waals surface area contributed by atoms with E-state index < -0.39 is 29.3 Å². The summed E-state index contributed by atoms with van der Waals surface area (Å²) in [6, 6.07) is 7.92. The first kappa shape index (κ1) is 24.7. The lowest BCUT2D eigenvalue weighted by Crippen LogP contribution is -2.26. The van der Waals surface area contributed by atoms with Crippen molar-refractivity contribution >= 4 is 17.6 Å². The number of carbonyl (C=O) groups excluding carboxylic acids is 2. The van der Waals surface area contributed by atoms with Crippen LogP contribution >= 0.6 is 0 Å². The Kier molecular flexibility index (Phi) is 7.49. The van der Waals surface area contributed by atoms with Gasteiger partial charge in [-0.1, -0.05) is 13.3 Å². The number of hydrogen-bond acceptors (Lipinski definition) is 6. The molecule has 0 radical (unpaired) electrons. The van der Waals surface area contributed by atoms with Crippen LogP contribution in [-0.2, 0) is 17.5 Å². The van der Waals surface area contributed by atoms with Gasteiger partial charge in [-0.2, -0.15) is 23.4 Å². The topological polar surface area (TPSA) is 108 Å². The smallest absolute Gasteiger partial charge is 0.434 e. The number of benzene rings is 1. The Morgan fingerprint density at radius 3 is 2.41 bits per heavy atom. The molecule has 12 heteroatoms. The molecule has 0 spiro atoms. The molecule has 0 bridgehead atoms. The third-order valence-electron chi connectivity index (χ3n) is 4.73. The minimum atomic E-state index is -4.86. The van der Waals surface area contributed by atoms with E-state index in [1.165, 1.54) is 48.0 Å². The summed E-state index contributed by atoms with van der Waals surface area (Å²) in [5.41, 5.74) is -1.96. The van der Waals surface area contributed by atoms with Crippen molar-refractivity contribution in [3.05, 3.63) is 69.9 Å². The van der Waals surface area contributed by atoms with E-state index in [0.29, 0.717) is 11.2 Å². The highest BCUT2D eigenvalue weighted by Gasteiger charge is 2.41. The van der Waals surface area contributed by atoms with Crippen LogP contribution in [-0.4, -0.2) is 38.0 Å². The van der Waals surface area contributed by atoms with Crippen molar-refractivity contribution in [3.8, 4) is 5.69 Å². The van der Waals surface area contributed by atoms with Gasteiger partial charge in [0.25, 0.3) is 11.5 Å². The zero-order chi connectivity index (χ0) is 24.9. The zero-order valence-corrected chi connectivity index (χ0v) is 18.4. The predicted octanol–water partition coefficient (Wildman–Crippen LogP) is 3.68. The Balaban J connectivity index is 1.83. The van der Waals surface area contributed by atoms with Crippen LogP contribution in [0, 0.1) is 0 Å². The van der Waals surface area contributed by atoms with Crippen molar-refractivity contribution in [1.82, 2.24) is 19.6 Å². The third kappa shape index (κ3) is 5.50. The summed E-state index contributed by atoms with van der Waals surface area (Å²) in [6.07, 6.45) is -2.48. The molecule has 0 unspecified atom stereocenters. The van der Waals surface area contributed by atoms with Crippen LogP contribution in [0.25, 0.3) is 5.69 Å². The minimum absolute atomic E-state index is 0.0188. The highest BCUT2D eigenvalue weighted by Crippen LogP contribution is 2.34. The number of esters is 1. The fourth-order valence-electron chi connectivity index (χ4n) is 3.09. The molecule has 0 atom stereocenters. The van der Waals surface area contributed by atoms with E-state index in [0.717, 1.165) is 19.0 Å². The van der Waals surface area contributed by atoms with Crippen LogP contribution in [0.3, 0.4) is 0 Å².